The van der Waals surface area contributed by atoms with E-state index in [0.29, 0.717) is 23.1 Å². The number of rotatable bonds is 7. The fraction of sp³-hybridized carbons (Fsp3) is 0.333. The third kappa shape index (κ3) is 3.83. The van der Waals surface area contributed by atoms with Crippen molar-refractivity contribution < 1.29 is 24.2 Å². The first kappa shape index (κ1) is 17.7. The van der Waals surface area contributed by atoms with Gasteiger partial charge in [-0.3, -0.25) is 4.79 Å². The predicted octanol–water partition coefficient (Wildman–Crippen LogP) is 1.89. The number of hydrogen-bond acceptors (Lipinski definition) is 5. The van der Waals surface area contributed by atoms with E-state index in [0.717, 1.165) is 5.39 Å². The first-order chi connectivity index (χ1) is 11.6. The highest BCUT2D eigenvalue weighted by atomic mass is 16.5. The summed E-state index contributed by atoms with van der Waals surface area (Å²) in [6.45, 7) is 1.56. The van der Waals surface area contributed by atoms with E-state index in [4.69, 9.17) is 9.47 Å². The molecule has 0 aliphatic carbocycles. The van der Waals surface area contributed by atoms with Crippen molar-refractivity contribution in [1.82, 2.24) is 5.32 Å². The van der Waals surface area contributed by atoms with Gasteiger partial charge >= 0.3 is 5.97 Å². The molecule has 128 valence electrons. The van der Waals surface area contributed by atoms with E-state index in [9.17, 15) is 14.7 Å². The van der Waals surface area contributed by atoms with E-state index < -0.39 is 24.5 Å². The van der Waals surface area contributed by atoms with E-state index in [1.54, 1.807) is 12.1 Å². The third-order valence-electron chi connectivity index (χ3n) is 3.56. The molecule has 1 atom stereocenters. The Kier molecular flexibility index (Phi) is 6.14. The zero-order chi connectivity index (χ0) is 17.5. The normalized spacial score (nSPS) is 11.8. The predicted molar refractivity (Wildman–Crippen MR) is 90.1 cm³/mol. The molecular weight excluding hydrogens is 310 g/mol. The molecule has 0 unspecified atom stereocenters. The Morgan fingerprint density at radius 3 is 2.62 bits per heavy atom. The van der Waals surface area contributed by atoms with Crippen molar-refractivity contribution >= 4 is 22.6 Å². The molecule has 6 heteroatoms. The summed E-state index contributed by atoms with van der Waals surface area (Å²) in [4.78, 5) is 24.6. The second kappa shape index (κ2) is 8.31. The molecule has 0 saturated carbocycles. The molecule has 2 rings (SSSR count). The lowest BCUT2D eigenvalue weighted by atomic mass is 10.0. The van der Waals surface area contributed by atoms with Crippen LogP contribution in [0.1, 0.15) is 23.7 Å². The van der Waals surface area contributed by atoms with Crippen molar-refractivity contribution in [3.8, 4) is 5.75 Å². The van der Waals surface area contributed by atoms with Gasteiger partial charge in [0.25, 0.3) is 5.91 Å². The number of benzene rings is 2. The van der Waals surface area contributed by atoms with E-state index >= 15 is 0 Å². The van der Waals surface area contributed by atoms with Gasteiger partial charge in [0.1, 0.15) is 5.75 Å². The average Bonchev–Trinajstić information content (AvgIpc) is 2.62. The molecule has 6 nitrogen and oxygen atoms in total. The summed E-state index contributed by atoms with van der Waals surface area (Å²) in [5.74, 6) is -0.770. The molecule has 24 heavy (non-hydrogen) atoms. The van der Waals surface area contributed by atoms with Crippen LogP contribution in [-0.4, -0.2) is 43.3 Å². The fourth-order valence-corrected chi connectivity index (χ4v) is 2.37. The van der Waals surface area contributed by atoms with E-state index in [-0.39, 0.29) is 6.61 Å². The molecule has 0 saturated heterocycles. The minimum absolute atomic E-state index is 0.239. The maximum absolute atomic E-state index is 12.7. The molecule has 0 heterocycles. The lowest BCUT2D eigenvalue weighted by Gasteiger charge is -2.17. The number of methoxy groups -OCH3 is 1. The Morgan fingerprint density at radius 1 is 1.21 bits per heavy atom. The Bertz CT molecular complexity index is 728. The first-order valence-corrected chi connectivity index (χ1v) is 7.76. The molecule has 2 aromatic rings. The largest absolute Gasteiger partial charge is 0.496 e. The zero-order valence-electron chi connectivity index (χ0n) is 13.7. The molecule has 0 spiro atoms. The van der Waals surface area contributed by atoms with Gasteiger partial charge in [-0.25, -0.2) is 4.79 Å². The number of fused-ring (bicyclic) bond motifs is 1. The van der Waals surface area contributed by atoms with Gasteiger partial charge in [0.15, 0.2) is 6.04 Å². The summed E-state index contributed by atoms with van der Waals surface area (Å²) in [7, 11) is 1.47. The molecule has 0 aliphatic heterocycles. The molecule has 2 N–H and O–H groups in total. The van der Waals surface area contributed by atoms with E-state index in [1.165, 1.54) is 7.11 Å². The van der Waals surface area contributed by atoms with Gasteiger partial charge in [-0.05, 0) is 23.3 Å². The second-order valence-corrected chi connectivity index (χ2v) is 5.24. The average molecular weight is 331 g/mol. The van der Waals surface area contributed by atoms with E-state index in [2.05, 4.69) is 5.32 Å². The molecule has 0 bridgehead atoms. The number of carbonyl (C=O) groups is 2. The Hall–Kier alpha value is -2.60. The highest BCUT2D eigenvalue weighted by Gasteiger charge is 2.24. The summed E-state index contributed by atoms with van der Waals surface area (Å²) in [6, 6.07) is 9.80. The second-order valence-electron chi connectivity index (χ2n) is 5.24. The van der Waals surface area contributed by atoms with Gasteiger partial charge in [-0.1, -0.05) is 37.3 Å². The maximum Gasteiger partial charge on any atom is 0.331 e. The van der Waals surface area contributed by atoms with Crippen LogP contribution in [0.15, 0.2) is 36.4 Å². The number of amides is 1. The molecule has 0 aromatic heterocycles. The topological polar surface area (TPSA) is 84.9 Å². The van der Waals surface area contributed by atoms with Gasteiger partial charge in [-0.2, -0.15) is 0 Å². The van der Waals surface area contributed by atoms with Crippen LogP contribution in [0.5, 0.6) is 5.75 Å². The lowest BCUT2D eigenvalue weighted by Crippen LogP contribution is -2.44. The van der Waals surface area contributed by atoms with E-state index in [1.807, 2.05) is 31.2 Å². The standard InChI is InChI=1S/C18H21NO5/c1-3-10-24-18(22)14(11-20)19-17(21)16-13-7-5-4-6-12(13)8-9-15(16)23-2/h4-9,14,20H,3,10-11H2,1-2H3,(H,19,21)/t14-/m0/s1. The number of aliphatic hydroxyl groups is 1. The summed E-state index contributed by atoms with van der Waals surface area (Å²) < 4.78 is 10.3. The van der Waals surface area contributed by atoms with Crippen molar-refractivity contribution in [2.75, 3.05) is 20.3 Å². The minimum Gasteiger partial charge on any atom is -0.496 e. The zero-order valence-corrected chi connectivity index (χ0v) is 13.7. The minimum atomic E-state index is -1.12. The van der Waals surface area contributed by atoms with Crippen LogP contribution in [0.4, 0.5) is 0 Å². The lowest BCUT2D eigenvalue weighted by molar-refractivity contribution is -0.146. The fourth-order valence-electron chi connectivity index (χ4n) is 2.37. The summed E-state index contributed by atoms with van der Waals surface area (Å²) >= 11 is 0. The van der Waals surface area contributed by atoms with Crippen LogP contribution >= 0.6 is 0 Å². The molecule has 0 aliphatic rings. The van der Waals surface area contributed by atoms with Gasteiger partial charge in [0.05, 0.1) is 25.9 Å². The molecular formula is C18H21NO5. The number of ether oxygens (including phenoxy) is 2. The summed E-state index contributed by atoms with van der Waals surface area (Å²) in [5, 5.41) is 13.5. The number of esters is 1. The maximum atomic E-state index is 12.7. The molecule has 0 radical (unpaired) electrons. The van der Waals surface area contributed by atoms with Crippen LogP contribution < -0.4 is 10.1 Å². The quantitative estimate of drug-likeness (QED) is 0.757. The molecule has 0 fully saturated rings. The summed E-state index contributed by atoms with van der Waals surface area (Å²) in [6.07, 6.45) is 0.662. The highest BCUT2D eigenvalue weighted by molar-refractivity contribution is 6.10. The van der Waals surface area contributed by atoms with Crippen LogP contribution in [0, 0.1) is 0 Å². The van der Waals surface area contributed by atoms with Crippen molar-refractivity contribution in [2.24, 2.45) is 0 Å². The first-order valence-electron chi connectivity index (χ1n) is 7.76. The monoisotopic (exact) mass is 331 g/mol. The number of aliphatic hydroxyl groups excluding tert-OH is 1. The Balaban J connectivity index is 2.31. The van der Waals surface area contributed by atoms with Crippen LogP contribution in [-0.2, 0) is 9.53 Å². The van der Waals surface area contributed by atoms with Crippen molar-refractivity contribution in [3.05, 3.63) is 42.0 Å². The van der Waals surface area contributed by atoms with Crippen LogP contribution in [0.3, 0.4) is 0 Å². The molecule has 2 aromatic carbocycles. The number of carbonyl (C=O) groups excluding carboxylic acids is 2. The van der Waals surface area contributed by atoms with Crippen LogP contribution in [0.25, 0.3) is 10.8 Å². The van der Waals surface area contributed by atoms with Crippen molar-refractivity contribution in [3.63, 3.8) is 0 Å². The molecule has 1 amide bonds. The van der Waals surface area contributed by atoms with Crippen LogP contribution in [0.2, 0.25) is 0 Å². The Morgan fingerprint density at radius 2 is 1.96 bits per heavy atom. The SMILES string of the molecule is CCCOC(=O)[C@H](CO)NC(=O)c1c(OC)ccc2ccccc12. The van der Waals surface area contributed by atoms with Crippen molar-refractivity contribution in [1.29, 1.82) is 0 Å². The van der Waals surface area contributed by atoms with Gasteiger partial charge < -0.3 is 19.9 Å². The van der Waals surface area contributed by atoms with Gasteiger partial charge in [-0.15, -0.1) is 0 Å². The third-order valence-corrected chi connectivity index (χ3v) is 3.56. The number of nitrogens with one attached hydrogen (secondary N) is 1. The number of hydrogen-bond donors (Lipinski definition) is 2. The van der Waals surface area contributed by atoms with Gasteiger partial charge in [0.2, 0.25) is 0 Å². The smallest absolute Gasteiger partial charge is 0.331 e. The summed E-state index contributed by atoms with van der Waals surface area (Å²) in [5.41, 5.74) is 0.317. The Labute approximate surface area is 140 Å². The highest BCUT2D eigenvalue weighted by Crippen LogP contribution is 2.27. The van der Waals surface area contributed by atoms with Crippen molar-refractivity contribution in [2.45, 2.75) is 19.4 Å². The van der Waals surface area contributed by atoms with Gasteiger partial charge in [0, 0.05) is 0 Å².